The van der Waals surface area contributed by atoms with Crippen LogP contribution in [0.3, 0.4) is 0 Å². The first-order chi connectivity index (χ1) is 19.0. The van der Waals surface area contributed by atoms with Crippen LogP contribution >= 0.6 is 0 Å². The van der Waals surface area contributed by atoms with Crippen LogP contribution < -0.4 is 9.64 Å². The van der Waals surface area contributed by atoms with E-state index in [1.54, 1.807) is 37.3 Å². The number of anilines is 1. The summed E-state index contributed by atoms with van der Waals surface area (Å²) in [6, 6.07) is 10.3. The second-order valence-electron chi connectivity index (χ2n) is 11.5. The number of hydrogen-bond acceptors (Lipinski definition) is 5. The summed E-state index contributed by atoms with van der Waals surface area (Å²) in [5.74, 6) is 0.907. The first-order valence-corrected chi connectivity index (χ1v) is 14.0. The number of ether oxygens (including phenoxy) is 1. The van der Waals surface area contributed by atoms with Gasteiger partial charge in [-0.1, -0.05) is 18.2 Å². The number of alkyl halides is 3. The molecule has 1 aliphatic carbocycles. The molecule has 0 spiro atoms. The lowest BCUT2D eigenvalue weighted by Crippen LogP contribution is -2.42. The van der Waals surface area contributed by atoms with Crippen molar-refractivity contribution in [1.29, 1.82) is 0 Å². The third-order valence-corrected chi connectivity index (χ3v) is 8.42. The molecule has 0 radical (unpaired) electrons. The molecule has 2 fully saturated rings. The van der Waals surface area contributed by atoms with Gasteiger partial charge in [0.15, 0.2) is 0 Å². The van der Waals surface area contributed by atoms with Crippen molar-refractivity contribution >= 4 is 11.7 Å². The number of aromatic nitrogens is 1. The van der Waals surface area contributed by atoms with E-state index in [4.69, 9.17) is 9.72 Å². The molecule has 1 aliphatic heterocycles. The number of aryl methyl sites for hydroxylation is 1. The molecule has 0 bridgehead atoms. The molecule has 1 amide bonds. The fourth-order valence-electron chi connectivity index (χ4n) is 5.87. The Kier molecular flexibility index (Phi) is 9.31. The largest absolute Gasteiger partial charge is 0.497 e. The zero-order valence-electron chi connectivity index (χ0n) is 24.1. The van der Waals surface area contributed by atoms with Gasteiger partial charge in [0.05, 0.1) is 24.3 Å². The van der Waals surface area contributed by atoms with Gasteiger partial charge >= 0.3 is 6.18 Å². The lowest BCUT2D eigenvalue weighted by Gasteiger charge is -2.43. The van der Waals surface area contributed by atoms with Gasteiger partial charge in [0.25, 0.3) is 5.91 Å². The Morgan fingerprint density at radius 3 is 2.42 bits per heavy atom. The maximum absolute atomic E-state index is 13.8. The van der Waals surface area contributed by atoms with E-state index in [1.807, 2.05) is 31.0 Å². The molecule has 40 heavy (non-hydrogen) atoms. The molecule has 1 saturated carbocycles. The van der Waals surface area contributed by atoms with Crippen molar-refractivity contribution in [1.82, 2.24) is 14.8 Å². The number of methoxy groups -OCH3 is 1. The normalized spacial score (nSPS) is 20.8. The van der Waals surface area contributed by atoms with E-state index in [2.05, 4.69) is 4.90 Å². The third kappa shape index (κ3) is 7.09. The van der Waals surface area contributed by atoms with Crippen molar-refractivity contribution in [3.8, 4) is 5.75 Å². The molecule has 1 saturated heterocycles. The Hall–Kier alpha value is -3.23. The Labute approximate surface area is 235 Å². The molecule has 1 atom stereocenters. The fraction of sp³-hybridized carbons (Fsp3) is 0.548. The second-order valence-corrected chi connectivity index (χ2v) is 11.5. The molecule has 1 aromatic heterocycles. The molecule has 6 nitrogen and oxygen atoms in total. The predicted octanol–water partition coefficient (Wildman–Crippen LogP) is 6.28. The van der Waals surface area contributed by atoms with Gasteiger partial charge in [0.1, 0.15) is 11.6 Å². The van der Waals surface area contributed by atoms with Crippen LogP contribution in [0, 0.1) is 18.8 Å². The Morgan fingerprint density at radius 2 is 1.82 bits per heavy atom. The van der Waals surface area contributed by atoms with E-state index >= 15 is 0 Å². The van der Waals surface area contributed by atoms with E-state index in [0.717, 1.165) is 50.3 Å². The average Bonchev–Trinajstić information content (AvgIpc) is 2.89. The van der Waals surface area contributed by atoms with Crippen LogP contribution in [0.4, 0.5) is 19.0 Å². The highest BCUT2D eigenvalue weighted by Gasteiger charge is 2.40. The molecule has 218 valence electrons. The van der Waals surface area contributed by atoms with Crippen LogP contribution in [0.5, 0.6) is 5.75 Å². The van der Waals surface area contributed by atoms with Gasteiger partial charge in [-0.3, -0.25) is 4.79 Å². The predicted molar refractivity (Wildman–Crippen MR) is 152 cm³/mol. The lowest BCUT2D eigenvalue weighted by atomic mass is 9.73. The molecule has 2 aromatic rings. The highest BCUT2D eigenvalue weighted by Crippen LogP contribution is 2.40. The van der Waals surface area contributed by atoms with Gasteiger partial charge in [-0.05, 0) is 86.9 Å². The summed E-state index contributed by atoms with van der Waals surface area (Å²) < 4.78 is 46.6. The number of carbonyl (C=O) groups is 1. The Balaban J connectivity index is 1.24. The van der Waals surface area contributed by atoms with E-state index in [0.29, 0.717) is 23.1 Å². The number of carbonyl (C=O) groups excluding carboxylic acids is 1. The number of pyridine rings is 1. The number of halogens is 3. The molecule has 4 rings (SSSR count). The van der Waals surface area contributed by atoms with E-state index in [1.165, 1.54) is 31.7 Å². The first-order valence-electron chi connectivity index (χ1n) is 14.0. The minimum absolute atomic E-state index is 0.0350. The second kappa shape index (κ2) is 12.5. The van der Waals surface area contributed by atoms with Gasteiger partial charge in [-0.15, -0.1) is 0 Å². The van der Waals surface area contributed by atoms with E-state index in [-0.39, 0.29) is 17.5 Å². The summed E-state index contributed by atoms with van der Waals surface area (Å²) in [6.45, 7) is 3.77. The van der Waals surface area contributed by atoms with Crippen LogP contribution in [0.2, 0.25) is 0 Å². The van der Waals surface area contributed by atoms with Crippen LogP contribution in [0.15, 0.2) is 48.7 Å². The van der Waals surface area contributed by atoms with Gasteiger partial charge in [-0.2, -0.15) is 13.2 Å². The van der Waals surface area contributed by atoms with E-state index < -0.39 is 12.1 Å². The summed E-state index contributed by atoms with van der Waals surface area (Å²) in [5, 5.41) is 0. The van der Waals surface area contributed by atoms with Crippen molar-refractivity contribution in [3.63, 3.8) is 0 Å². The Morgan fingerprint density at radius 1 is 1.12 bits per heavy atom. The number of hydrogen-bond donors (Lipinski definition) is 0. The van der Waals surface area contributed by atoms with Crippen LogP contribution in [-0.4, -0.2) is 74.3 Å². The molecule has 2 heterocycles. The van der Waals surface area contributed by atoms with Crippen molar-refractivity contribution in [2.45, 2.75) is 57.2 Å². The number of nitrogens with zero attached hydrogens (tertiary/aromatic N) is 4. The lowest BCUT2D eigenvalue weighted by molar-refractivity contribution is -0.139. The zero-order chi connectivity index (χ0) is 29.0. The van der Waals surface area contributed by atoms with Gasteiger partial charge in [0.2, 0.25) is 0 Å². The third-order valence-electron chi connectivity index (χ3n) is 8.42. The fourth-order valence-corrected chi connectivity index (χ4v) is 5.87. The highest BCUT2D eigenvalue weighted by molar-refractivity contribution is 5.95. The quantitative estimate of drug-likeness (QED) is 0.363. The first kappa shape index (κ1) is 29.7. The zero-order valence-corrected chi connectivity index (χ0v) is 24.1. The van der Waals surface area contributed by atoms with Crippen molar-refractivity contribution in [2.24, 2.45) is 11.8 Å². The highest BCUT2D eigenvalue weighted by atomic mass is 19.4. The number of rotatable bonds is 9. The van der Waals surface area contributed by atoms with Crippen LogP contribution in [0.1, 0.15) is 59.6 Å². The van der Waals surface area contributed by atoms with Crippen molar-refractivity contribution in [2.75, 3.05) is 46.2 Å². The molecule has 0 N–H and O–H groups in total. The summed E-state index contributed by atoms with van der Waals surface area (Å²) in [4.78, 5) is 22.8. The monoisotopic (exact) mass is 558 g/mol. The summed E-state index contributed by atoms with van der Waals surface area (Å²) in [7, 11) is 6.81. The van der Waals surface area contributed by atoms with Gasteiger partial charge in [-0.25, -0.2) is 4.98 Å². The minimum Gasteiger partial charge on any atom is -0.497 e. The number of piperidine rings is 1. The van der Waals surface area contributed by atoms with Crippen LogP contribution in [-0.2, 0) is 0 Å². The summed E-state index contributed by atoms with van der Waals surface area (Å²) in [6.07, 6.45) is 3.88. The smallest absolute Gasteiger partial charge is 0.399 e. The number of allylic oxidation sites excluding steroid dienone is 1. The van der Waals surface area contributed by atoms with Crippen LogP contribution in [0.25, 0.3) is 0 Å². The number of benzene rings is 1. The molecule has 1 unspecified atom stereocenters. The SMILES string of the molecule is COc1cccc(C(/C=C\N(C)C2CC(CC3CCN(c4ccc(C(=O)N(C)C)c(C)n4)CC3)C2)C(F)(F)F)c1. The van der Waals surface area contributed by atoms with Gasteiger partial charge in [0, 0.05) is 40.3 Å². The average molecular weight is 559 g/mol. The van der Waals surface area contributed by atoms with E-state index in [9.17, 15) is 18.0 Å². The van der Waals surface area contributed by atoms with Gasteiger partial charge < -0.3 is 19.4 Å². The maximum atomic E-state index is 13.8. The summed E-state index contributed by atoms with van der Waals surface area (Å²) >= 11 is 0. The molecule has 2 aliphatic rings. The topological polar surface area (TPSA) is 48.9 Å². The maximum Gasteiger partial charge on any atom is 0.399 e. The van der Waals surface area contributed by atoms with Crippen molar-refractivity contribution in [3.05, 3.63) is 65.5 Å². The molecular formula is C31H41F3N4O2. The minimum atomic E-state index is -4.37. The molecule has 1 aromatic carbocycles. The standard InChI is InChI=1S/C31H41F3N4O2/c1-21-27(30(39)36(2)3)9-10-29(35-21)38-15-11-22(12-16-38)17-23-18-25(19-23)37(4)14-13-28(31(32,33)34)24-7-6-8-26(20-24)40-5/h6-10,13-14,20,22-23,25,28H,11-12,15-19H2,1-5H3/b14-13-. The Bertz CT molecular complexity index is 1190. The summed E-state index contributed by atoms with van der Waals surface area (Å²) in [5.41, 5.74) is 1.57. The molecule has 9 heteroatoms. The number of amides is 1. The van der Waals surface area contributed by atoms with Crippen molar-refractivity contribution < 1.29 is 22.7 Å². The molecular weight excluding hydrogens is 517 g/mol.